The molecular weight excluding hydrogens is 299 g/mol. The fourth-order valence-corrected chi connectivity index (χ4v) is 1.67. The molecule has 1 aromatic carbocycles. The van der Waals surface area contributed by atoms with Crippen molar-refractivity contribution in [2.45, 2.75) is 38.8 Å². The number of amides is 1. The summed E-state index contributed by atoms with van der Waals surface area (Å²) in [6.07, 6.45) is -1.04. The van der Waals surface area contributed by atoms with E-state index in [2.05, 4.69) is 6.92 Å². The summed E-state index contributed by atoms with van der Waals surface area (Å²) in [5.74, 6) is -2.59. The average molecular weight is 317 g/mol. The van der Waals surface area contributed by atoms with Gasteiger partial charge in [-0.1, -0.05) is 26.2 Å². The minimum atomic E-state index is -4.95. The number of esters is 1. The highest BCUT2D eigenvalue weighted by Gasteiger charge is 2.38. The van der Waals surface area contributed by atoms with Crippen LogP contribution in [0.2, 0.25) is 0 Å². The number of carbonyl (C=O) groups excluding carboxylic acids is 2. The molecule has 0 saturated carbocycles. The van der Waals surface area contributed by atoms with Crippen LogP contribution >= 0.6 is 0 Å². The molecule has 7 heteroatoms. The first-order valence-electron chi connectivity index (χ1n) is 7.00. The molecular formula is C15H18F3NO3. The van der Waals surface area contributed by atoms with Crippen LogP contribution < -0.4 is 5.32 Å². The van der Waals surface area contributed by atoms with Crippen molar-refractivity contribution >= 4 is 17.6 Å². The van der Waals surface area contributed by atoms with Gasteiger partial charge in [0.2, 0.25) is 0 Å². The molecule has 0 aliphatic rings. The highest BCUT2D eigenvalue weighted by atomic mass is 19.4. The standard InChI is InChI=1S/C15H18F3NO3/c1-2-3-4-5-10-22-13(20)11-6-8-12(9-7-11)19-14(21)15(16,17)18/h6-9H,2-5,10H2,1H3,(H,19,21). The lowest BCUT2D eigenvalue weighted by molar-refractivity contribution is -0.167. The number of alkyl halides is 3. The number of nitrogens with one attached hydrogen (secondary N) is 1. The van der Waals surface area contributed by atoms with Crippen molar-refractivity contribution in [1.82, 2.24) is 0 Å². The third-order valence-corrected chi connectivity index (χ3v) is 2.87. The van der Waals surface area contributed by atoms with Gasteiger partial charge in [0.25, 0.3) is 0 Å². The molecule has 0 aliphatic heterocycles. The SMILES string of the molecule is CCCCCCOC(=O)c1ccc(NC(=O)C(F)(F)F)cc1. The quantitative estimate of drug-likeness (QED) is 0.612. The summed E-state index contributed by atoms with van der Waals surface area (Å²) < 4.78 is 41.3. The van der Waals surface area contributed by atoms with E-state index >= 15 is 0 Å². The van der Waals surface area contributed by atoms with E-state index in [0.29, 0.717) is 6.61 Å². The Balaban J connectivity index is 2.47. The molecule has 22 heavy (non-hydrogen) atoms. The number of carbonyl (C=O) groups is 2. The smallest absolute Gasteiger partial charge is 0.462 e. The van der Waals surface area contributed by atoms with Crippen molar-refractivity contribution in [2.75, 3.05) is 11.9 Å². The molecule has 0 radical (unpaired) electrons. The normalized spacial score (nSPS) is 11.1. The maximum absolute atomic E-state index is 12.1. The number of rotatable bonds is 7. The molecule has 0 fully saturated rings. The minimum Gasteiger partial charge on any atom is -0.462 e. The van der Waals surface area contributed by atoms with Crippen LogP contribution in [0.4, 0.5) is 18.9 Å². The van der Waals surface area contributed by atoms with Gasteiger partial charge in [-0.15, -0.1) is 0 Å². The molecule has 0 spiro atoms. The van der Waals surface area contributed by atoms with Crippen molar-refractivity contribution in [2.24, 2.45) is 0 Å². The van der Waals surface area contributed by atoms with E-state index in [1.165, 1.54) is 24.3 Å². The van der Waals surface area contributed by atoms with E-state index in [9.17, 15) is 22.8 Å². The van der Waals surface area contributed by atoms with Gasteiger partial charge in [0, 0.05) is 5.69 Å². The Morgan fingerprint density at radius 1 is 1.09 bits per heavy atom. The zero-order valence-corrected chi connectivity index (χ0v) is 12.2. The van der Waals surface area contributed by atoms with Crippen LogP contribution in [0.25, 0.3) is 0 Å². The van der Waals surface area contributed by atoms with Gasteiger partial charge in [-0.2, -0.15) is 13.2 Å². The molecule has 0 aromatic heterocycles. The molecule has 1 amide bonds. The van der Waals surface area contributed by atoms with Gasteiger partial charge in [0.1, 0.15) is 0 Å². The molecule has 0 atom stereocenters. The Bertz CT molecular complexity index is 498. The van der Waals surface area contributed by atoms with Crippen molar-refractivity contribution in [3.8, 4) is 0 Å². The van der Waals surface area contributed by atoms with Crippen LogP contribution in [0.15, 0.2) is 24.3 Å². The zero-order chi connectivity index (χ0) is 16.6. The number of ether oxygens (including phenoxy) is 1. The van der Waals surface area contributed by atoms with Gasteiger partial charge in [0.05, 0.1) is 12.2 Å². The fourth-order valence-electron chi connectivity index (χ4n) is 1.67. The summed E-state index contributed by atoms with van der Waals surface area (Å²) in [7, 11) is 0. The number of hydrogen-bond donors (Lipinski definition) is 1. The van der Waals surface area contributed by atoms with E-state index in [-0.39, 0.29) is 11.3 Å². The summed E-state index contributed by atoms with van der Waals surface area (Å²) in [5, 5.41) is 1.70. The Labute approximate surface area is 126 Å². The molecule has 0 saturated heterocycles. The summed E-state index contributed by atoms with van der Waals surface area (Å²) >= 11 is 0. The number of halogens is 3. The number of unbranched alkanes of at least 4 members (excludes halogenated alkanes) is 3. The number of benzene rings is 1. The van der Waals surface area contributed by atoms with Crippen LogP contribution in [0, 0.1) is 0 Å². The van der Waals surface area contributed by atoms with Crippen LogP contribution in [0.5, 0.6) is 0 Å². The predicted molar refractivity (Wildman–Crippen MR) is 75.6 cm³/mol. The Morgan fingerprint density at radius 2 is 1.73 bits per heavy atom. The molecule has 0 aliphatic carbocycles. The maximum Gasteiger partial charge on any atom is 0.471 e. The molecule has 0 bridgehead atoms. The van der Waals surface area contributed by atoms with Crippen molar-refractivity contribution in [3.05, 3.63) is 29.8 Å². The minimum absolute atomic E-state index is 0.0400. The van der Waals surface area contributed by atoms with Crippen LogP contribution in [-0.2, 0) is 9.53 Å². The van der Waals surface area contributed by atoms with E-state index in [4.69, 9.17) is 4.74 Å². The third kappa shape index (κ3) is 6.15. The van der Waals surface area contributed by atoms with Gasteiger partial charge < -0.3 is 10.1 Å². The first-order chi connectivity index (χ1) is 10.3. The second-order valence-corrected chi connectivity index (χ2v) is 4.73. The Kier molecular flexibility index (Phi) is 6.88. The Hall–Kier alpha value is -2.05. The lowest BCUT2D eigenvalue weighted by Crippen LogP contribution is -2.29. The lowest BCUT2D eigenvalue weighted by atomic mass is 10.2. The zero-order valence-electron chi connectivity index (χ0n) is 12.2. The number of anilines is 1. The maximum atomic E-state index is 12.1. The van der Waals surface area contributed by atoms with Crippen molar-refractivity contribution in [3.63, 3.8) is 0 Å². The first kappa shape index (κ1) is 18.0. The van der Waals surface area contributed by atoms with E-state index in [0.717, 1.165) is 25.7 Å². The van der Waals surface area contributed by atoms with Gasteiger partial charge in [-0.25, -0.2) is 4.79 Å². The molecule has 122 valence electrons. The average Bonchev–Trinajstić information content (AvgIpc) is 2.46. The highest BCUT2D eigenvalue weighted by molar-refractivity contribution is 5.95. The molecule has 0 unspecified atom stereocenters. The molecule has 1 N–H and O–H groups in total. The summed E-state index contributed by atoms with van der Waals surface area (Å²) in [5.41, 5.74) is 0.183. The monoisotopic (exact) mass is 317 g/mol. The van der Waals surface area contributed by atoms with Crippen LogP contribution in [0.1, 0.15) is 43.0 Å². The van der Waals surface area contributed by atoms with Crippen LogP contribution in [-0.4, -0.2) is 24.7 Å². The fraction of sp³-hybridized carbons (Fsp3) is 0.467. The summed E-state index contributed by atoms with van der Waals surface area (Å²) in [4.78, 5) is 22.4. The largest absolute Gasteiger partial charge is 0.471 e. The topological polar surface area (TPSA) is 55.4 Å². The van der Waals surface area contributed by atoms with Gasteiger partial charge >= 0.3 is 18.1 Å². The second-order valence-electron chi connectivity index (χ2n) is 4.73. The van der Waals surface area contributed by atoms with E-state index in [1.54, 1.807) is 5.32 Å². The predicted octanol–water partition coefficient (Wildman–Crippen LogP) is 3.92. The molecule has 1 rings (SSSR count). The van der Waals surface area contributed by atoms with E-state index < -0.39 is 18.1 Å². The highest BCUT2D eigenvalue weighted by Crippen LogP contribution is 2.18. The second kappa shape index (κ2) is 8.41. The van der Waals surface area contributed by atoms with Gasteiger partial charge in [0.15, 0.2) is 0 Å². The van der Waals surface area contributed by atoms with Crippen LogP contribution in [0.3, 0.4) is 0 Å². The van der Waals surface area contributed by atoms with Crippen molar-refractivity contribution < 1.29 is 27.5 Å². The lowest BCUT2D eigenvalue weighted by Gasteiger charge is -2.08. The first-order valence-corrected chi connectivity index (χ1v) is 7.00. The molecule has 0 heterocycles. The van der Waals surface area contributed by atoms with Gasteiger partial charge in [-0.05, 0) is 30.7 Å². The molecule has 1 aromatic rings. The van der Waals surface area contributed by atoms with Crippen molar-refractivity contribution in [1.29, 1.82) is 0 Å². The molecule has 4 nitrogen and oxygen atoms in total. The summed E-state index contributed by atoms with van der Waals surface area (Å²) in [6, 6.07) is 5.05. The number of hydrogen-bond acceptors (Lipinski definition) is 3. The van der Waals surface area contributed by atoms with Gasteiger partial charge in [-0.3, -0.25) is 4.79 Å². The Morgan fingerprint density at radius 3 is 2.27 bits per heavy atom. The third-order valence-electron chi connectivity index (χ3n) is 2.87. The summed E-state index contributed by atoms with van der Waals surface area (Å²) in [6.45, 7) is 2.39. The van der Waals surface area contributed by atoms with E-state index in [1.807, 2.05) is 0 Å².